The Morgan fingerprint density at radius 3 is 2.95 bits per heavy atom. The molecule has 0 aliphatic rings. The molecule has 0 aliphatic carbocycles. The average molecular weight is 262 g/mol. The number of nitrogens with zero attached hydrogens (tertiary/aromatic N) is 1. The Morgan fingerprint density at radius 1 is 1.47 bits per heavy atom. The van der Waals surface area contributed by atoms with Gasteiger partial charge in [0.25, 0.3) is 5.56 Å². The summed E-state index contributed by atoms with van der Waals surface area (Å²) in [5.74, 6) is -0.313. The van der Waals surface area contributed by atoms with Crippen LogP contribution in [0.15, 0.2) is 35.3 Å². The van der Waals surface area contributed by atoms with Crippen molar-refractivity contribution in [1.29, 1.82) is 0 Å². The Balaban J connectivity index is 2.21. The molecule has 0 radical (unpaired) electrons. The Morgan fingerprint density at radius 2 is 2.26 bits per heavy atom. The number of carboxylic acids is 1. The van der Waals surface area contributed by atoms with Gasteiger partial charge in [-0.1, -0.05) is 12.1 Å². The van der Waals surface area contributed by atoms with E-state index in [-0.39, 0.29) is 17.5 Å². The van der Waals surface area contributed by atoms with Crippen molar-refractivity contribution in [3.8, 4) is 5.75 Å². The molecule has 0 aliphatic heterocycles. The smallest absolute Gasteiger partial charge is 0.308 e. The van der Waals surface area contributed by atoms with Gasteiger partial charge in [-0.3, -0.25) is 9.59 Å². The molecule has 1 aromatic heterocycles. The SMILES string of the molecule is COc1cccc(Cn2[nH]cc(CC(=O)O)c2=O)c1. The van der Waals surface area contributed by atoms with E-state index in [4.69, 9.17) is 9.84 Å². The molecule has 0 saturated heterocycles. The van der Waals surface area contributed by atoms with Crippen LogP contribution in [-0.4, -0.2) is 28.0 Å². The number of carbonyl (C=O) groups is 1. The largest absolute Gasteiger partial charge is 0.497 e. The van der Waals surface area contributed by atoms with Gasteiger partial charge in [-0.2, -0.15) is 0 Å². The molecule has 1 aromatic carbocycles. The quantitative estimate of drug-likeness (QED) is 0.837. The molecule has 2 aromatic rings. The molecule has 0 saturated carbocycles. The number of ether oxygens (including phenoxy) is 1. The maximum absolute atomic E-state index is 11.9. The van der Waals surface area contributed by atoms with Crippen LogP contribution in [-0.2, 0) is 17.8 Å². The fraction of sp³-hybridized carbons (Fsp3) is 0.231. The van der Waals surface area contributed by atoms with E-state index in [1.807, 2.05) is 24.3 Å². The molecule has 0 fully saturated rings. The van der Waals surface area contributed by atoms with Gasteiger partial charge in [0, 0.05) is 11.8 Å². The third kappa shape index (κ3) is 3.04. The van der Waals surface area contributed by atoms with Crippen LogP contribution in [0.2, 0.25) is 0 Å². The Hall–Kier alpha value is -2.50. The summed E-state index contributed by atoms with van der Waals surface area (Å²) < 4.78 is 6.47. The minimum absolute atomic E-state index is 0.246. The first-order valence-corrected chi connectivity index (χ1v) is 5.72. The van der Waals surface area contributed by atoms with Crippen LogP contribution >= 0.6 is 0 Å². The molecule has 0 unspecified atom stereocenters. The summed E-state index contributed by atoms with van der Waals surface area (Å²) in [6, 6.07) is 7.34. The zero-order valence-corrected chi connectivity index (χ0v) is 10.4. The van der Waals surface area contributed by atoms with Crippen LogP contribution in [0.3, 0.4) is 0 Å². The first kappa shape index (κ1) is 12.9. The van der Waals surface area contributed by atoms with E-state index < -0.39 is 5.97 Å². The van der Waals surface area contributed by atoms with E-state index in [0.717, 1.165) is 5.56 Å². The van der Waals surface area contributed by atoms with Gasteiger partial charge in [0.1, 0.15) is 5.75 Å². The molecular formula is C13H14N2O4. The molecule has 19 heavy (non-hydrogen) atoms. The third-order valence-corrected chi connectivity index (χ3v) is 2.73. The lowest BCUT2D eigenvalue weighted by atomic mass is 10.2. The number of hydrogen-bond donors (Lipinski definition) is 2. The summed E-state index contributed by atoms with van der Waals surface area (Å²) in [4.78, 5) is 22.5. The Labute approximate surface area is 109 Å². The van der Waals surface area contributed by atoms with Crippen molar-refractivity contribution in [2.45, 2.75) is 13.0 Å². The third-order valence-electron chi connectivity index (χ3n) is 2.73. The van der Waals surface area contributed by atoms with Gasteiger partial charge in [-0.05, 0) is 17.7 Å². The van der Waals surface area contributed by atoms with Gasteiger partial charge in [-0.25, -0.2) is 4.68 Å². The number of hydrogen-bond acceptors (Lipinski definition) is 3. The summed E-state index contributed by atoms with van der Waals surface area (Å²) in [6.07, 6.45) is 1.15. The molecule has 0 bridgehead atoms. The van der Waals surface area contributed by atoms with Crippen molar-refractivity contribution >= 4 is 5.97 Å². The highest BCUT2D eigenvalue weighted by Gasteiger charge is 2.10. The summed E-state index contributed by atoms with van der Waals surface area (Å²) in [5, 5.41) is 11.4. The normalized spacial score (nSPS) is 10.4. The molecule has 0 atom stereocenters. The lowest BCUT2D eigenvalue weighted by Gasteiger charge is -2.04. The molecule has 2 rings (SSSR count). The average Bonchev–Trinajstić information content (AvgIpc) is 2.71. The lowest BCUT2D eigenvalue weighted by Crippen LogP contribution is -2.21. The fourth-order valence-electron chi connectivity index (χ4n) is 1.81. The van der Waals surface area contributed by atoms with Gasteiger partial charge in [0.2, 0.25) is 0 Å². The van der Waals surface area contributed by atoms with Crippen molar-refractivity contribution in [3.63, 3.8) is 0 Å². The minimum Gasteiger partial charge on any atom is -0.497 e. The van der Waals surface area contributed by atoms with E-state index in [0.29, 0.717) is 12.3 Å². The van der Waals surface area contributed by atoms with E-state index in [2.05, 4.69) is 5.10 Å². The number of benzene rings is 1. The van der Waals surface area contributed by atoms with Crippen LogP contribution in [0.1, 0.15) is 11.1 Å². The van der Waals surface area contributed by atoms with Gasteiger partial charge in [-0.15, -0.1) is 0 Å². The summed E-state index contributed by atoms with van der Waals surface area (Å²) in [7, 11) is 1.57. The number of nitrogens with one attached hydrogen (secondary N) is 1. The van der Waals surface area contributed by atoms with Crippen LogP contribution in [0.5, 0.6) is 5.75 Å². The van der Waals surface area contributed by atoms with Crippen LogP contribution in [0.25, 0.3) is 0 Å². The topological polar surface area (TPSA) is 84.3 Å². The standard InChI is InChI=1S/C13H14N2O4/c1-19-11-4-2-3-9(5-11)8-15-13(18)10(7-14-15)6-12(16)17/h2-5,7,14H,6,8H2,1H3,(H,16,17). The number of aromatic amines is 1. The Kier molecular flexibility index (Phi) is 3.70. The number of aromatic nitrogens is 2. The number of carboxylic acid groups (broad SMARTS) is 1. The number of rotatable bonds is 5. The van der Waals surface area contributed by atoms with Crippen LogP contribution < -0.4 is 10.3 Å². The van der Waals surface area contributed by atoms with E-state index >= 15 is 0 Å². The zero-order chi connectivity index (χ0) is 13.8. The predicted molar refractivity (Wildman–Crippen MR) is 68.5 cm³/mol. The molecule has 0 amide bonds. The number of aliphatic carboxylic acids is 1. The molecule has 100 valence electrons. The van der Waals surface area contributed by atoms with Crippen molar-refractivity contribution in [2.24, 2.45) is 0 Å². The van der Waals surface area contributed by atoms with Crippen molar-refractivity contribution in [2.75, 3.05) is 7.11 Å². The highest BCUT2D eigenvalue weighted by Crippen LogP contribution is 2.12. The van der Waals surface area contributed by atoms with Crippen LogP contribution in [0, 0.1) is 0 Å². The Bertz CT molecular complexity index is 642. The summed E-state index contributed by atoms with van der Waals surface area (Å²) in [5.41, 5.74) is 0.825. The van der Waals surface area contributed by atoms with Gasteiger partial charge < -0.3 is 14.9 Å². The maximum Gasteiger partial charge on any atom is 0.308 e. The molecule has 6 heteroatoms. The second-order valence-electron chi connectivity index (χ2n) is 4.11. The first-order chi connectivity index (χ1) is 9.10. The van der Waals surface area contributed by atoms with Gasteiger partial charge in [0.05, 0.1) is 20.1 Å². The number of methoxy groups -OCH3 is 1. The van der Waals surface area contributed by atoms with Gasteiger partial charge >= 0.3 is 5.97 Å². The minimum atomic E-state index is -1.02. The second-order valence-corrected chi connectivity index (χ2v) is 4.11. The lowest BCUT2D eigenvalue weighted by molar-refractivity contribution is -0.136. The van der Waals surface area contributed by atoms with E-state index in [1.54, 1.807) is 7.11 Å². The molecular weight excluding hydrogens is 248 g/mol. The zero-order valence-electron chi connectivity index (χ0n) is 10.4. The van der Waals surface area contributed by atoms with E-state index in [9.17, 15) is 9.59 Å². The molecule has 0 spiro atoms. The van der Waals surface area contributed by atoms with Crippen molar-refractivity contribution in [3.05, 3.63) is 51.9 Å². The van der Waals surface area contributed by atoms with Crippen LogP contribution in [0.4, 0.5) is 0 Å². The van der Waals surface area contributed by atoms with Gasteiger partial charge in [0.15, 0.2) is 0 Å². The first-order valence-electron chi connectivity index (χ1n) is 5.72. The monoisotopic (exact) mass is 262 g/mol. The summed E-state index contributed by atoms with van der Waals surface area (Å²) >= 11 is 0. The number of H-pyrrole nitrogens is 1. The predicted octanol–water partition coefficient (Wildman–Crippen LogP) is 0.860. The molecule has 6 nitrogen and oxygen atoms in total. The molecule has 2 N–H and O–H groups in total. The highest BCUT2D eigenvalue weighted by molar-refractivity contribution is 5.69. The highest BCUT2D eigenvalue weighted by atomic mass is 16.5. The fourth-order valence-corrected chi connectivity index (χ4v) is 1.81. The van der Waals surface area contributed by atoms with E-state index in [1.165, 1.54) is 10.9 Å². The summed E-state index contributed by atoms with van der Waals surface area (Å²) in [6.45, 7) is 0.343. The van der Waals surface area contributed by atoms with Crippen molar-refractivity contribution in [1.82, 2.24) is 9.78 Å². The molecule has 1 heterocycles. The maximum atomic E-state index is 11.9. The second kappa shape index (κ2) is 5.43. The van der Waals surface area contributed by atoms with Crippen molar-refractivity contribution < 1.29 is 14.6 Å².